The van der Waals surface area contributed by atoms with E-state index in [2.05, 4.69) is 5.32 Å². The molecular weight excluding hydrogens is 260 g/mol. The molecule has 0 unspecified atom stereocenters. The highest BCUT2D eigenvalue weighted by Gasteiger charge is 2.17. The Kier molecular flexibility index (Phi) is 3.65. The number of phenols is 1. The Morgan fingerprint density at radius 2 is 1.95 bits per heavy atom. The number of phenolic OH excluding ortho intramolecular Hbond substituents is 1. The second-order valence-electron chi connectivity index (χ2n) is 4.25. The van der Waals surface area contributed by atoms with Crippen molar-refractivity contribution >= 4 is 17.3 Å². The predicted molar refractivity (Wildman–Crippen MR) is 73.9 cm³/mol. The topological polar surface area (TPSA) is 92.5 Å². The monoisotopic (exact) mass is 272 g/mol. The van der Waals surface area contributed by atoms with Crippen LogP contribution < -0.4 is 5.32 Å². The van der Waals surface area contributed by atoms with Crippen LogP contribution in [0.4, 0.5) is 11.4 Å². The van der Waals surface area contributed by atoms with Crippen molar-refractivity contribution in [2.75, 3.05) is 5.32 Å². The van der Waals surface area contributed by atoms with Crippen LogP contribution >= 0.6 is 0 Å². The van der Waals surface area contributed by atoms with Crippen LogP contribution in [0, 0.1) is 17.0 Å². The number of nitro groups is 1. The number of nitrogens with zero attached hydrogens (tertiary/aromatic N) is 1. The molecule has 0 saturated heterocycles. The van der Waals surface area contributed by atoms with Gasteiger partial charge >= 0.3 is 0 Å². The van der Waals surface area contributed by atoms with Crippen molar-refractivity contribution in [2.24, 2.45) is 0 Å². The van der Waals surface area contributed by atoms with Crippen LogP contribution in [0.15, 0.2) is 42.5 Å². The largest absolute Gasteiger partial charge is 0.507 e. The standard InChI is InChI=1S/C14H12N2O4/c1-9-6-7-13(17)10(8-9)14(18)15-11-4-2-3-5-12(11)16(19)20/h2-8,17H,1H3,(H,15,18). The Hall–Kier alpha value is -2.89. The maximum atomic E-state index is 12.1. The minimum Gasteiger partial charge on any atom is -0.507 e. The van der Waals surface area contributed by atoms with Gasteiger partial charge in [0, 0.05) is 6.07 Å². The number of hydrogen-bond donors (Lipinski definition) is 2. The molecule has 0 atom stereocenters. The normalized spacial score (nSPS) is 10.1. The van der Waals surface area contributed by atoms with Crippen molar-refractivity contribution in [3.63, 3.8) is 0 Å². The quantitative estimate of drug-likeness (QED) is 0.663. The second-order valence-corrected chi connectivity index (χ2v) is 4.25. The minimum atomic E-state index is -0.597. The van der Waals surface area contributed by atoms with Crippen LogP contribution in [0.1, 0.15) is 15.9 Å². The van der Waals surface area contributed by atoms with Gasteiger partial charge in [0.25, 0.3) is 11.6 Å². The number of aromatic hydroxyl groups is 1. The molecule has 0 aliphatic rings. The number of para-hydroxylation sites is 2. The van der Waals surface area contributed by atoms with E-state index in [9.17, 15) is 20.0 Å². The van der Waals surface area contributed by atoms with E-state index in [0.29, 0.717) is 0 Å². The summed E-state index contributed by atoms with van der Waals surface area (Å²) < 4.78 is 0. The van der Waals surface area contributed by atoms with Gasteiger partial charge < -0.3 is 10.4 Å². The van der Waals surface area contributed by atoms with E-state index >= 15 is 0 Å². The lowest BCUT2D eigenvalue weighted by atomic mass is 10.1. The SMILES string of the molecule is Cc1ccc(O)c(C(=O)Nc2ccccc2[N+](=O)[O-])c1. The van der Waals surface area contributed by atoms with Crippen LogP contribution in [0.3, 0.4) is 0 Å². The van der Waals surface area contributed by atoms with Gasteiger partial charge in [-0.2, -0.15) is 0 Å². The fourth-order valence-electron chi connectivity index (χ4n) is 1.76. The number of nitro benzene ring substituents is 1. The van der Waals surface area contributed by atoms with Crippen LogP contribution in [0.2, 0.25) is 0 Å². The third-order valence-electron chi connectivity index (χ3n) is 2.75. The van der Waals surface area contributed by atoms with E-state index in [0.717, 1.165) is 5.56 Å². The van der Waals surface area contributed by atoms with Gasteiger partial charge in [-0.3, -0.25) is 14.9 Å². The molecule has 0 aliphatic carbocycles. The Morgan fingerprint density at radius 3 is 2.65 bits per heavy atom. The van der Waals surface area contributed by atoms with Crippen molar-refractivity contribution < 1.29 is 14.8 Å². The Morgan fingerprint density at radius 1 is 1.25 bits per heavy atom. The first-order chi connectivity index (χ1) is 9.49. The van der Waals surface area contributed by atoms with Gasteiger partial charge in [-0.25, -0.2) is 0 Å². The van der Waals surface area contributed by atoms with Gasteiger partial charge in [0.05, 0.1) is 10.5 Å². The first-order valence-corrected chi connectivity index (χ1v) is 5.83. The summed E-state index contributed by atoms with van der Waals surface area (Å²) in [6, 6.07) is 10.4. The molecule has 0 heterocycles. The lowest BCUT2D eigenvalue weighted by Crippen LogP contribution is -2.13. The predicted octanol–water partition coefficient (Wildman–Crippen LogP) is 2.86. The molecule has 0 fully saturated rings. The zero-order chi connectivity index (χ0) is 14.7. The molecule has 0 aromatic heterocycles. The number of amides is 1. The molecule has 2 aromatic carbocycles. The number of hydrogen-bond acceptors (Lipinski definition) is 4. The number of nitrogens with one attached hydrogen (secondary N) is 1. The number of benzene rings is 2. The zero-order valence-corrected chi connectivity index (χ0v) is 10.7. The third-order valence-corrected chi connectivity index (χ3v) is 2.75. The van der Waals surface area contributed by atoms with Crippen molar-refractivity contribution in [3.8, 4) is 5.75 Å². The third kappa shape index (κ3) is 2.74. The van der Waals surface area contributed by atoms with Gasteiger partial charge in [-0.15, -0.1) is 0 Å². The van der Waals surface area contributed by atoms with Crippen molar-refractivity contribution in [1.29, 1.82) is 0 Å². The minimum absolute atomic E-state index is 0.0724. The van der Waals surface area contributed by atoms with E-state index in [1.165, 1.54) is 30.3 Å². The lowest BCUT2D eigenvalue weighted by Gasteiger charge is -2.08. The van der Waals surface area contributed by atoms with Crippen molar-refractivity contribution in [3.05, 3.63) is 63.7 Å². The number of carbonyl (C=O) groups excluding carboxylic acids is 1. The lowest BCUT2D eigenvalue weighted by molar-refractivity contribution is -0.383. The van der Waals surface area contributed by atoms with E-state index in [1.807, 2.05) is 0 Å². The van der Waals surface area contributed by atoms with Gasteiger partial charge in [0.2, 0.25) is 0 Å². The highest BCUT2D eigenvalue weighted by molar-refractivity contribution is 6.07. The highest BCUT2D eigenvalue weighted by atomic mass is 16.6. The zero-order valence-electron chi connectivity index (χ0n) is 10.7. The maximum absolute atomic E-state index is 12.1. The number of rotatable bonds is 3. The molecule has 0 radical (unpaired) electrons. The summed E-state index contributed by atoms with van der Waals surface area (Å²) >= 11 is 0. The molecule has 102 valence electrons. The van der Waals surface area contributed by atoms with Crippen molar-refractivity contribution in [1.82, 2.24) is 0 Å². The maximum Gasteiger partial charge on any atom is 0.292 e. The van der Waals surface area contributed by atoms with Crippen LogP contribution in [-0.2, 0) is 0 Å². The summed E-state index contributed by atoms with van der Waals surface area (Å²) in [5, 5.41) is 23.0. The first kappa shape index (κ1) is 13.5. The summed E-state index contributed by atoms with van der Waals surface area (Å²) in [5.74, 6) is -0.771. The van der Waals surface area contributed by atoms with E-state index < -0.39 is 10.8 Å². The van der Waals surface area contributed by atoms with Gasteiger partial charge in [-0.1, -0.05) is 23.8 Å². The molecular formula is C14H12N2O4. The molecule has 2 rings (SSSR count). The smallest absolute Gasteiger partial charge is 0.292 e. The molecule has 2 aromatic rings. The van der Waals surface area contributed by atoms with Gasteiger partial charge in [0.15, 0.2) is 0 Å². The van der Waals surface area contributed by atoms with E-state index in [1.54, 1.807) is 19.1 Å². The van der Waals surface area contributed by atoms with Gasteiger partial charge in [0.1, 0.15) is 11.4 Å². The molecule has 1 amide bonds. The molecule has 0 aliphatic heterocycles. The summed E-state index contributed by atoms with van der Waals surface area (Å²) in [6.45, 7) is 1.78. The summed E-state index contributed by atoms with van der Waals surface area (Å²) in [4.78, 5) is 22.4. The van der Waals surface area contributed by atoms with Crippen LogP contribution in [0.25, 0.3) is 0 Å². The highest BCUT2D eigenvalue weighted by Crippen LogP contribution is 2.25. The summed E-state index contributed by atoms with van der Waals surface area (Å²) in [5.41, 5.74) is 0.759. The fourth-order valence-corrected chi connectivity index (χ4v) is 1.76. The van der Waals surface area contributed by atoms with Crippen LogP contribution in [-0.4, -0.2) is 15.9 Å². The van der Waals surface area contributed by atoms with E-state index in [-0.39, 0.29) is 22.7 Å². The summed E-state index contributed by atoms with van der Waals surface area (Å²) in [7, 11) is 0. The number of aryl methyl sites for hydroxylation is 1. The molecule has 0 saturated carbocycles. The Balaban J connectivity index is 2.33. The molecule has 6 heteroatoms. The average molecular weight is 272 g/mol. The first-order valence-electron chi connectivity index (χ1n) is 5.83. The Labute approximate surface area is 114 Å². The number of anilines is 1. The van der Waals surface area contributed by atoms with E-state index in [4.69, 9.17) is 0 Å². The second kappa shape index (κ2) is 5.40. The molecule has 20 heavy (non-hydrogen) atoms. The average Bonchev–Trinajstić information content (AvgIpc) is 2.41. The molecule has 6 nitrogen and oxygen atoms in total. The number of carbonyl (C=O) groups is 1. The van der Waals surface area contributed by atoms with Crippen LogP contribution in [0.5, 0.6) is 5.75 Å². The van der Waals surface area contributed by atoms with Crippen molar-refractivity contribution in [2.45, 2.75) is 6.92 Å². The Bertz CT molecular complexity index is 683. The molecule has 0 spiro atoms. The van der Waals surface area contributed by atoms with Gasteiger partial charge in [-0.05, 0) is 25.1 Å². The summed E-state index contributed by atoms with van der Waals surface area (Å²) in [6.07, 6.45) is 0. The molecule has 0 bridgehead atoms. The fraction of sp³-hybridized carbons (Fsp3) is 0.0714. The molecule has 2 N–H and O–H groups in total.